The van der Waals surface area contributed by atoms with Crippen LogP contribution in [0.1, 0.15) is 13.3 Å². The van der Waals surface area contributed by atoms with Crippen molar-refractivity contribution in [2.75, 3.05) is 10.5 Å². The zero-order valence-corrected chi connectivity index (χ0v) is 10.2. The molecular formula is C9H12BrNO2S. The predicted octanol–water partition coefficient (Wildman–Crippen LogP) is 2.60. The molecule has 14 heavy (non-hydrogen) atoms. The monoisotopic (exact) mass is 277 g/mol. The second-order valence-corrected chi connectivity index (χ2v) is 5.69. The van der Waals surface area contributed by atoms with Gasteiger partial charge in [0.05, 0.1) is 5.75 Å². The molecule has 0 aliphatic carbocycles. The van der Waals surface area contributed by atoms with Gasteiger partial charge in [-0.25, -0.2) is 8.42 Å². The molecule has 1 rings (SSSR count). The summed E-state index contributed by atoms with van der Waals surface area (Å²) in [5.41, 5.74) is 0.599. The van der Waals surface area contributed by atoms with Gasteiger partial charge in [0.25, 0.3) is 0 Å². The zero-order chi connectivity index (χ0) is 10.6. The first-order valence-electron chi connectivity index (χ1n) is 4.29. The van der Waals surface area contributed by atoms with Gasteiger partial charge in [-0.05, 0) is 30.7 Å². The molecule has 0 aliphatic heterocycles. The molecule has 0 saturated carbocycles. The molecule has 1 aromatic carbocycles. The molecule has 78 valence electrons. The van der Waals surface area contributed by atoms with Crippen molar-refractivity contribution in [3.63, 3.8) is 0 Å². The average Bonchev–Trinajstić information content (AvgIpc) is 2.08. The van der Waals surface area contributed by atoms with Crippen molar-refractivity contribution in [3.8, 4) is 0 Å². The topological polar surface area (TPSA) is 46.2 Å². The minimum absolute atomic E-state index is 0.156. The van der Waals surface area contributed by atoms with Crippen LogP contribution in [0.15, 0.2) is 28.7 Å². The van der Waals surface area contributed by atoms with E-state index in [2.05, 4.69) is 20.7 Å². The third kappa shape index (κ3) is 3.67. The van der Waals surface area contributed by atoms with Crippen molar-refractivity contribution in [1.82, 2.24) is 0 Å². The highest BCUT2D eigenvalue weighted by atomic mass is 79.9. The summed E-state index contributed by atoms with van der Waals surface area (Å²) in [4.78, 5) is 0. The van der Waals surface area contributed by atoms with E-state index in [-0.39, 0.29) is 5.75 Å². The third-order valence-corrected chi connectivity index (χ3v) is 3.61. The van der Waals surface area contributed by atoms with E-state index in [1.807, 2.05) is 6.92 Å². The maximum absolute atomic E-state index is 11.4. The van der Waals surface area contributed by atoms with Crippen molar-refractivity contribution in [1.29, 1.82) is 0 Å². The Morgan fingerprint density at radius 2 is 1.86 bits per heavy atom. The van der Waals surface area contributed by atoms with E-state index in [0.29, 0.717) is 12.1 Å². The van der Waals surface area contributed by atoms with Crippen LogP contribution in [0.25, 0.3) is 0 Å². The smallest absolute Gasteiger partial charge is 0.232 e. The first-order valence-corrected chi connectivity index (χ1v) is 6.74. The van der Waals surface area contributed by atoms with Crippen molar-refractivity contribution in [2.24, 2.45) is 0 Å². The maximum atomic E-state index is 11.4. The number of hydrogen-bond donors (Lipinski definition) is 1. The summed E-state index contributed by atoms with van der Waals surface area (Å²) >= 11 is 3.28. The fraction of sp³-hybridized carbons (Fsp3) is 0.333. The number of sulfonamides is 1. The van der Waals surface area contributed by atoms with Crippen molar-refractivity contribution in [2.45, 2.75) is 13.3 Å². The molecule has 0 aromatic heterocycles. The van der Waals surface area contributed by atoms with Crippen molar-refractivity contribution >= 4 is 31.6 Å². The molecule has 0 saturated heterocycles. The lowest BCUT2D eigenvalue weighted by atomic mass is 10.3. The Morgan fingerprint density at radius 3 is 2.36 bits per heavy atom. The van der Waals surface area contributed by atoms with Crippen LogP contribution in [-0.4, -0.2) is 14.2 Å². The van der Waals surface area contributed by atoms with E-state index < -0.39 is 10.0 Å². The van der Waals surface area contributed by atoms with Crippen LogP contribution in [0.3, 0.4) is 0 Å². The first kappa shape index (κ1) is 11.5. The standard InChI is InChI=1S/C9H12BrNO2S/c1-2-7-14(12,13)11-9-5-3-8(10)4-6-9/h3-6,11H,2,7H2,1H3. The highest BCUT2D eigenvalue weighted by Crippen LogP contribution is 2.15. The van der Waals surface area contributed by atoms with E-state index >= 15 is 0 Å². The molecular weight excluding hydrogens is 266 g/mol. The quantitative estimate of drug-likeness (QED) is 0.920. The van der Waals surface area contributed by atoms with Gasteiger partial charge in [-0.2, -0.15) is 0 Å². The number of hydrogen-bond acceptors (Lipinski definition) is 2. The van der Waals surface area contributed by atoms with Gasteiger partial charge in [0.2, 0.25) is 10.0 Å². The van der Waals surface area contributed by atoms with Gasteiger partial charge in [-0.1, -0.05) is 22.9 Å². The van der Waals surface area contributed by atoms with Gasteiger partial charge in [0.1, 0.15) is 0 Å². The van der Waals surface area contributed by atoms with Gasteiger partial charge in [0.15, 0.2) is 0 Å². The Morgan fingerprint density at radius 1 is 1.29 bits per heavy atom. The van der Waals surface area contributed by atoms with E-state index in [9.17, 15) is 8.42 Å². The van der Waals surface area contributed by atoms with Crippen molar-refractivity contribution in [3.05, 3.63) is 28.7 Å². The van der Waals surface area contributed by atoms with E-state index in [1.54, 1.807) is 24.3 Å². The predicted molar refractivity (Wildman–Crippen MR) is 61.8 cm³/mol. The van der Waals surface area contributed by atoms with Gasteiger partial charge in [-0.3, -0.25) is 4.72 Å². The molecule has 0 radical (unpaired) electrons. The normalized spacial score (nSPS) is 11.3. The first-order chi connectivity index (χ1) is 6.53. The average molecular weight is 278 g/mol. The van der Waals surface area contributed by atoms with E-state index in [1.165, 1.54) is 0 Å². The van der Waals surface area contributed by atoms with Crippen molar-refractivity contribution < 1.29 is 8.42 Å². The van der Waals surface area contributed by atoms with E-state index in [4.69, 9.17) is 0 Å². The maximum Gasteiger partial charge on any atom is 0.232 e. The fourth-order valence-corrected chi connectivity index (χ4v) is 2.42. The molecule has 0 spiro atoms. The second kappa shape index (κ2) is 4.79. The summed E-state index contributed by atoms with van der Waals surface area (Å²) in [6, 6.07) is 7.03. The van der Waals surface area contributed by atoms with Gasteiger partial charge in [0, 0.05) is 10.2 Å². The molecule has 0 unspecified atom stereocenters. The fourth-order valence-electron chi connectivity index (χ4n) is 1.02. The Bertz CT molecular complexity index is 386. The largest absolute Gasteiger partial charge is 0.284 e. The minimum Gasteiger partial charge on any atom is -0.284 e. The lowest BCUT2D eigenvalue weighted by molar-refractivity contribution is 0.600. The number of nitrogens with one attached hydrogen (secondary N) is 1. The molecule has 0 amide bonds. The lowest BCUT2D eigenvalue weighted by Crippen LogP contribution is -2.15. The molecule has 0 aliphatic rings. The van der Waals surface area contributed by atoms with Crippen LogP contribution in [-0.2, 0) is 10.0 Å². The summed E-state index contributed by atoms with van der Waals surface area (Å²) in [6.07, 6.45) is 0.617. The van der Waals surface area contributed by atoms with Gasteiger partial charge < -0.3 is 0 Å². The number of rotatable bonds is 4. The molecule has 0 atom stereocenters. The minimum atomic E-state index is -3.16. The Kier molecular flexibility index (Phi) is 3.95. The highest BCUT2D eigenvalue weighted by Gasteiger charge is 2.07. The molecule has 1 N–H and O–H groups in total. The SMILES string of the molecule is CCCS(=O)(=O)Nc1ccc(Br)cc1. The Balaban J connectivity index is 2.74. The van der Waals surface area contributed by atoms with Crippen LogP contribution in [0.4, 0.5) is 5.69 Å². The zero-order valence-electron chi connectivity index (χ0n) is 7.83. The highest BCUT2D eigenvalue weighted by molar-refractivity contribution is 9.10. The third-order valence-electron chi connectivity index (χ3n) is 1.59. The van der Waals surface area contributed by atoms with Crippen LogP contribution >= 0.6 is 15.9 Å². The molecule has 0 fully saturated rings. The molecule has 1 aromatic rings. The molecule has 0 heterocycles. The summed E-state index contributed by atoms with van der Waals surface area (Å²) < 4.78 is 26.1. The van der Waals surface area contributed by atoms with Crippen LogP contribution in [0, 0.1) is 0 Å². The summed E-state index contributed by atoms with van der Waals surface area (Å²) in [5, 5.41) is 0. The second-order valence-electron chi connectivity index (χ2n) is 2.93. The summed E-state index contributed by atoms with van der Waals surface area (Å²) in [5.74, 6) is 0.156. The molecule has 5 heteroatoms. The number of benzene rings is 1. The van der Waals surface area contributed by atoms with Crippen LogP contribution < -0.4 is 4.72 Å². The van der Waals surface area contributed by atoms with Crippen LogP contribution in [0.2, 0.25) is 0 Å². The molecule has 3 nitrogen and oxygen atoms in total. The lowest BCUT2D eigenvalue weighted by Gasteiger charge is -2.06. The Hall–Kier alpha value is -0.550. The Labute approximate surface area is 92.7 Å². The van der Waals surface area contributed by atoms with E-state index in [0.717, 1.165) is 4.47 Å². The van der Waals surface area contributed by atoms with Gasteiger partial charge >= 0.3 is 0 Å². The van der Waals surface area contributed by atoms with Crippen LogP contribution in [0.5, 0.6) is 0 Å². The number of anilines is 1. The molecule has 0 bridgehead atoms. The summed E-state index contributed by atoms with van der Waals surface area (Å²) in [7, 11) is -3.16. The number of halogens is 1. The van der Waals surface area contributed by atoms with Gasteiger partial charge in [-0.15, -0.1) is 0 Å². The summed E-state index contributed by atoms with van der Waals surface area (Å²) in [6.45, 7) is 1.83.